The van der Waals surface area contributed by atoms with E-state index < -0.39 is 11.4 Å². The summed E-state index contributed by atoms with van der Waals surface area (Å²) in [6.45, 7) is 0.954. The summed E-state index contributed by atoms with van der Waals surface area (Å²) in [6, 6.07) is 3.64. The van der Waals surface area contributed by atoms with Crippen molar-refractivity contribution in [3.63, 3.8) is 0 Å². The number of carbonyl (C=O) groups is 2. The molecule has 1 aromatic heterocycles. The molecule has 108 valence electrons. The first-order valence-corrected chi connectivity index (χ1v) is 7.96. The Balaban J connectivity index is 1.70. The predicted molar refractivity (Wildman–Crippen MR) is 77.0 cm³/mol. The largest absolute Gasteiger partial charge is 0.481 e. The Labute approximate surface area is 126 Å². The highest BCUT2D eigenvalue weighted by Crippen LogP contribution is 2.49. The molecule has 1 saturated carbocycles. The summed E-state index contributed by atoms with van der Waals surface area (Å²) < 4.78 is 0.674. The summed E-state index contributed by atoms with van der Waals surface area (Å²) in [7, 11) is 0. The number of rotatable bonds is 3. The second-order valence-electron chi connectivity index (χ2n) is 5.71. The Hall–Kier alpha value is -1.07. The Kier molecular flexibility index (Phi) is 3.50. The number of carbonyl (C=O) groups excluding carboxylic acids is 1. The molecule has 2 heterocycles. The average molecular weight is 314 g/mol. The number of amides is 1. The lowest BCUT2D eigenvalue weighted by molar-refractivity contribution is -0.149. The normalized spacial score (nSPS) is 28.6. The summed E-state index contributed by atoms with van der Waals surface area (Å²) in [5, 5.41) is 9.51. The van der Waals surface area contributed by atoms with E-state index in [1.807, 2.05) is 6.07 Å². The number of carboxylic acid groups (broad SMARTS) is 1. The van der Waals surface area contributed by atoms with Crippen LogP contribution in [-0.4, -0.2) is 35.0 Å². The summed E-state index contributed by atoms with van der Waals surface area (Å²) in [5.74, 6) is -0.608. The fourth-order valence-corrected chi connectivity index (χ4v) is 4.62. The number of carboxylic acids is 1. The van der Waals surface area contributed by atoms with Crippen LogP contribution < -0.4 is 0 Å². The lowest BCUT2D eigenvalue weighted by atomic mass is 9.81. The Morgan fingerprint density at radius 3 is 2.90 bits per heavy atom. The van der Waals surface area contributed by atoms with Gasteiger partial charge >= 0.3 is 5.97 Å². The molecule has 4 nitrogen and oxygen atoms in total. The molecule has 0 radical (unpaired) electrons. The molecule has 2 atom stereocenters. The lowest BCUT2D eigenvalue weighted by Crippen LogP contribution is -2.37. The summed E-state index contributed by atoms with van der Waals surface area (Å²) in [6.07, 6.45) is 2.89. The van der Waals surface area contributed by atoms with E-state index in [1.165, 1.54) is 11.3 Å². The number of fused-ring (bicyclic) bond motifs is 1. The Morgan fingerprint density at radius 2 is 2.30 bits per heavy atom. The van der Waals surface area contributed by atoms with Gasteiger partial charge in [0.2, 0.25) is 5.91 Å². The van der Waals surface area contributed by atoms with Gasteiger partial charge in [-0.05, 0) is 30.9 Å². The highest BCUT2D eigenvalue weighted by Gasteiger charge is 2.55. The highest BCUT2D eigenvalue weighted by molar-refractivity contribution is 7.16. The van der Waals surface area contributed by atoms with E-state index in [0.29, 0.717) is 30.3 Å². The number of hydrogen-bond acceptors (Lipinski definition) is 3. The molecular weight excluding hydrogens is 298 g/mol. The minimum Gasteiger partial charge on any atom is -0.481 e. The molecule has 1 aliphatic carbocycles. The van der Waals surface area contributed by atoms with Gasteiger partial charge in [-0.1, -0.05) is 18.0 Å². The quantitative estimate of drug-likeness (QED) is 0.933. The molecule has 0 aromatic carbocycles. The van der Waals surface area contributed by atoms with Gasteiger partial charge in [-0.15, -0.1) is 11.3 Å². The zero-order chi connectivity index (χ0) is 14.3. The standard InChI is InChI=1S/C14H16ClNO3S/c15-11-4-3-10(20-11)6-12(17)16-7-9-2-1-5-14(9,8-16)13(18)19/h3-4,9H,1-2,5-8H2,(H,18,19)/t9-,14+/m0/s1. The van der Waals surface area contributed by atoms with Gasteiger partial charge in [-0.25, -0.2) is 0 Å². The predicted octanol–water partition coefficient (Wildman–Crippen LogP) is 2.66. The van der Waals surface area contributed by atoms with E-state index >= 15 is 0 Å². The molecule has 1 aliphatic heterocycles. The molecule has 1 N–H and O–H groups in total. The van der Waals surface area contributed by atoms with Gasteiger partial charge in [-0.2, -0.15) is 0 Å². The van der Waals surface area contributed by atoms with Crippen molar-refractivity contribution in [1.29, 1.82) is 0 Å². The SMILES string of the molecule is O=C(Cc1ccc(Cl)s1)N1C[C@@H]2CCC[C@@]2(C(=O)O)C1. The monoisotopic (exact) mass is 313 g/mol. The van der Waals surface area contributed by atoms with Crippen LogP contribution in [0.2, 0.25) is 4.34 Å². The van der Waals surface area contributed by atoms with Crippen LogP contribution in [0.25, 0.3) is 0 Å². The number of aliphatic carboxylic acids is 1. The number of thiophene rings is 1. The van der Waals surface area contributed by atoms with Crippen molar-refractivity contribution in [2.75, 3.05) is 13.1 Å². The second-order valence-corrected chi connectivity index (χ2v) is 7.51. The smallest absolute Gasteiger partial charge is 0.311 e. The number of halogens is 1. The molecule has 2 aliphatic rings. The van der Waals surface area contributed by atoms with Crippen LogP contribution in [0.15, 0.2) is 12.1 Å². The minimum atomic E-state index is -0.741. The van der Waals surface area contributed by atoms with Gasteiger partial charge in [0.1, 0.15) is 0 Å². The highest BCUT2D eigenvalue weighted by atomic mass is 35.5. The van der Waals surface area contributed by atoms with Gasteiger partial charge in [0.15, 0.2) is 0 Å². The first-order chi connectivity index (χ1) is 9.51. The fourth-order valence-electron chi connectivity index (χ4n) is 3.54. The summed E-state index contributed by atoms with van der Waals surface area (Å²) >= 11 is 7.26. The molecule has 1 aromatic rings. The van der Waals surface area contributed by atoms with E-state index in [2.05, 4.69) is 0 Å². The molecule has 0 unspecified atom stereocenters. The molecule has 20 heavy (non-hydrogen) atoms. The second kappa shape index (κ2) is 5.04. The van der Waals surface area contributed by atoms with Gasteiger partial charge < -0.3 is 10.0 Å². The van der Waals surface area contributed by atoms with Gasteiger partial charge in [0.05, 0.1) is 16.2 Å². The molecular formula is C14H16ClNO3S. The van der Waals surface area contributed by atoms with E-state index in [1.54, 1.807) is 11.0 Å². The van der Waals surface area contributed by atoms with Crippen LogP contribution in [0.1, 0.15) is 24.1 Å². The van der Waals surface area contributed by atoms with Gasteiger partial charge in [0, 0.05) is 18.0 Å². The van der Waals surface area contributed by atoms with Crippen molar-refractivity contribution in [1.82, 2.24) is 4.90 Å². The van der Waals surface area contributed by atoms with Crippen LogP contribution in [0.3, 0.4) is 0 Å². The van der Waals surface area contributed by atoms with Crippen molar-refractivity contribution in [3.8, 4) is 0 Å². The molecule has 1 saturated heterocycles. The minimum absolute atomic E-state index is 0.0125. The lowest BCUT2D eigenvalue weighted by Gasteiger charge is -2.23. The maximum absolute atomic E-state index is 12.3. The molecule has 1 amide bonds. The molecule has 0 spiro atoms. The van der Waals surface area contributed by atoms with Crippen LogP contribution in [0.5, 0.6) is 0 Å². The maximum atomic E-state index is 12.3. The van der Waals surface area contributed by atoms with E-state index in [0.717, 1.165) is 17.7 Å². The van der Waals surface area contributed by atoms with E-state index in [4.69, 9.17) is 11.6 Å². The van der Waals surface area contributed by atoms with Gasteiger partial charge in [0.25, 0.3) is 0 Å². The first-order valence-electron chi connectivity index (χ1n) is 6.77. The summed E-state index contributed by atoms with van der Waals surface area (Å²) in [5.41, 5.74) is -0.692. The van der Waals surface area contributed by atoms with Crippen molar-refractivity contribution >= 4 is 34.8 Å². The van der Waals surface area contributed by atoms with Crippen molar-refractivity contribution in [2.24, 2.45) is 11.3 Å². The van der Waals surface area contributed by atoms with E-state index in [9.17, 15) is 14.7 Å². The fraction of sp³-hybridized carbons (Fsp3) is 0.571. The van der Waals surface area contributed by atoms with E-state index in [-0.39, 0.29) is 11.8 Å². The third kappa shape index (κ3) is 2.23. The van der Waals surface area contributed by atoms with Gasteiger partial charge in [-0.3, -0.25) is 9.59 Å². The third-order valence-electron chi connectivity index (χ3n) is 4.60. The summed E-state index contributed by atoms with van der Waals surface area (Å²) in [4.78, 5) is 26.6. The number of hydrogen-bond donors (Lipinski definition) is 1. The van der Waals surface area contributed by atoms with Crippen molar-refractivity contribution < 1.29 is 14.7 Å². The first kappa shape index (κ1) is 13.9. The van der Waals surface area contributed by atoms with Crippen LogP contribution in [-0.2, 0) is 16.0 Å². The third-order valence-corrected chi connectivity index (χ3v) is 5.83. The zero-order valence-electron chi connectivity index (χ0n) is 11.0. The van der Waals surface area contributed by atoms with Crippen molar-refractivity contribution in [2.45, 2.75) is 25.7 Å². The number of nitrogens with zero attached hydrogens (tertiary/aromatic N) is 1. The topological polar surface area (TPSA) is 57.6 Å². The maximum Gasteiger partial charge on any atom is 0.311 e. The number of likely N-dealkylation sites (tertiary alicyclic amines) is 1. The molecule has 0 bridgehead atoms. The van der Waals surface area contributed by atoms with Crippen LogP contribution in [0, 0.1) is 11.3 Å². The van der Waals surface area contributed by atoms with Crippen LogP contribution in [0.4, 0.5) is 0 Å². The Bertz CT molecular complexity index is 558. The zero-order valence-corrected chi connectivity index (χ0v) is 12.5. The van der Waals surface area contributed by atoms with Crippen molar-refractivity contribution in [3.05, 3.63) is 21.3 Å². The Morgan fingerprint density at radius 1 is 1.50 bits per heavy atom. The molecule has 2 fully saturated rings. The average Bonchev–Trinajstić information content (AvgIpc) is 3.02. The van der Waals surface area contributed by atoms with Crippen LogP contribution >= 0.6 is 22.9 Å². The molecule has 6 heteroatoms. The molecule has 3 rings (SSSR count).